The fourth-order valence-corrected chi connectivity index (χ4v) is 1.91. The zero-order valence-corrected chi connectivity index (χ0v) is 7.45. The van der Waals surface area contributed by atoms with E-state index in [4.69, 9.17) is 0 Å². The summed E-state index contributed by atoms with van der Waals surface area (Å²) in [6, 6.07) is 3.51. The van der Waals surface area contributed by atoms with E-state index >= 15 is 0 Å². The highest BCUT2D eigenvalue weighted by molar-refractivity contribution is 7.88. The first-order chi connectivity index (χ1) is 6.48. The van der Waals surface area contributed by atoms with Gasteiger partial charge in [0.05, 0.1) is 16.7 Å². The summed E-state index contributed by atoms with van der Waals surface area (Å²) in [7, 11) is -3.82. The van der Waals surface area contributed by atoms with Crippen LogP contribution in [-0.4, -0.2) is 13.3 Å². The average Bonchev–Trinajstić information content (AvgIpc) is 2.36. The molecule has 0 unspecified atom stereocenters. The highest BCUT2D eigenvalue weighted by Gasteiger charge is 2.26. The van der Waals surface area contributed by atoms with E-state index in [1.54, 1.807) is 0 Å². The predicted octanol–water partition coefficient (Wildman–Crippen LogP) is 0.644. The summed E-state index contributed by atoms with van der Waals surface area (Å²) in [6.45, 7) is 0. The van der Waals surface area contributed by atoms with Crippen molar-refractivity contribution in [2.75, 3.05) is 4.72 Å². The van der Waals surface area contributed by atoms with Crippen LogP contribution in [0, 0.1) is 10.1 Å². The van der Waals surface area contributed by atoms with Gasteiger partial charge in [0.15, 0.2) is 5.75 Å². The molecule has 2 rings (SSSR count). The lowest BCUT2D eigenvalue weighted by molar-refractivity contribution is -0.384. The van der Waals surface area contributed by atoms with Gasteiger partial charge in [0.25, 0.3) is 5.69 Å². The smallest absolute Gasteiger partial charge is 0.364 e. The third-order valence-electron chi connectivity index (χ3n) is 1.61. The minimum atomic E-state index is -3.82. The van der Waals surface area contributed by atoms with Crippen LogP contribution >= 0.6 is 0 Å². The molecule has 0 saturated carbocycles. The number of nitro benzene ring substituents is 1. The van der Waals surface area contributed by atoms with E-state index in [1.165, 1.54) is 12.1 Å². The minimum Gasteiger partial charge on any atom is -0.364 e. The monoisotopic (exact) mass is 216 g/mol. The van der Waals surface area contributed by atoms with Crippen molar-refractivity contribution in [2.24, 2.45) is 0 Å². The second kappa shape index (κ2) is 2.58. The van der Waals surface area contributed by atoms with Crippen LogP contribution < -0.4 is 8.91 Å². The fraction of sp³-hybridized carbons (Fsp3) is 0. The zero-order valence-electron chi connectivity index (χ0n) is 6.63. The summed E-state index contributed by atoms with van der Waals surface area (Å²) < 4.78 is 28.2. The van der Waals surface area contributed by atoms with Gasteiger partial charge in [0.2, 0.25) is 0 Å². The van der Waals surface area contributed by atoms with Crippen LogP contribution in [0.5, 0.6) is 5.75 Å². The zero-order chi connectivity index (χ0) is 10.3. The van der Waals surface area contributed by atoms with Gasteiger partial charge in [-0.3, -0.25) is 10.1 Å². The van der Waals surface area contributed by atoms with E-state index in [0.717, 1.165) is 6.07 Å². The number of benzene rings is 1. The fourth-order valence-electron chi connectivity index (χ4n) is 1.05. The Morgan fingerprint density at radius 1 is 1.43 bits per heavy atom. The Bertz CT molecular complexity index is 509. The number of rotatable bonds is 1. The number of nitrogens with zero attached hydrogens (tertiary/aromatic N) is 1. The van der Waals surface area contributed by atoms with E-state index in [0.29, 0.717) is 0 Å². The summed E-state index contributed by atoms with van der Waals surface area (Å²) in [5.41, 5.74) is -0.0155. The van der Waals surface area contributed by atoms with Crippen LogP contribution in [0.4, 0.5) is 11.4 Å². The van der Waals surface area contributed by atoms with Crippen molar-refractivity contribution in [3.63, 3.8) is 0 Å². The average molecular weight is 216 g/mol. The molecule has 0 aliphatic carbocycles. The van der Waals surface area contributed by atoms with Crippen molar-refractivity contribution in [1.82, 2.24) is 0 Å². The van der Waals surface area contributed by atoms with Gasteiger partial charge in [-0.2, -0.15) is 8.42 Å². The Kier molecular flexibility index (Phi) is 1.61. The number of hydrogen-bond donors (Lipinski definition) is 1. The Hall–Kier alpha value is -1.83. The standard InChI is InChI=1S/C6H4N2O5S/c9-8(10)4-1-2-5-6(3-4)13-14(11,12)7-5/h1-3,7H. The van der Waals surface area contributed by atoms with Crippen LogP contribution in [0.3, 0.4) is 0 Å². The van der Waals surface area contributed by atoms with Crippen molar-refractivity contribution in [3.8, 4) is 5.75 Å². The summed E-state index contributed by atoms with van der Waals surface area (Å²) in [5, 5.41) is 10.3. The quantitative estimate of drug-likeness (QED) is 0.548. The van der Waals surface area contributed by atoms with Crippen molar-refractivity contribution < 1.29 is 17.5 Å². The molecule has 1 heterocycles. The number of nitro groups is 1. The van der Waals surface area contributed by atoms with Gasteiger partial charge in [-0.1, -0.05) is 0 Å². The Balaban J connectivity index is 2.50. The maximum atomic E-state index is 10.9. The molecule has 0 fully saturated rings. The van der Waals surface area contributed by atoms with E-state index in [9.17, 15) is 18.5 Å². The normalized spacial score (nSPS) is 16.6. The van der Waals surface area contributed by atoms with Gasteiger partial charge in [0, 0.05) is 6.07 Å². The molecule has 7 nitrogen and oxygen atoms in total. The first kappa shape index (κ1) is 8.75. The van der Waals surface area contributed by atoms with E-state index in [-0.39, 0.29) is 17.1 Å². The van der Waals surface area contributed by atoms with Crippen molar-refractivity contribution in [2.45, 2.75) is 0 Å². The van der Waals surface area contributed by atoms with Crippen molar-refractivity contribution >= 4 is 21.7 Å². The molecule has 1 aromatic rings. The first-order valence-electron chi connectivity index (χ1n) is 3.49. The molecule has 0 saturated heterocycles. The topological polar surface area (TPSA) is 98.5 Å². The molecule has 0 spiro atoms. The highest BCUT2D eigenvalue weighted by atomic mass is 32.2. The van der Waals surface area contributed by atoms with Gasteiger partial charge >= 0.3 is 10.3 Å². The van der Waals surface area contributed by atoms with Gasteiger partial charge in [-0.05, 0) is 6.07 Å². The van der Waals surface area contributed by atoms with Crippen LogP contribution in [0.25, 0.3) is 0 Å². The Morgan fingerprint density at radius 3 is 2.79 bits per heavy atom. The molecule has 0 atom stereocenters. The molecule has 1 N–H and O–H groups in total. The molecule has 0 amide bonds. The van der Waals surface area contributed by atoms with Crippen LogP contribution in [0.1, 0.15) is 0 Å². The Labute approximate surface area is 78.7 Å². The summed E-state index contributed by atoms with van der Waals surface area (Å²) in [4.78, 5) is 9.71. The number of fused-ring (bicyclic) bond motifs is 1. The van der Waals surface area contributed by atoms with E-state index < -0.39 is 15.2 Å². The molecule has 1 aromatic carbocycles. The maximum Gasteiger partial charge on any atom is 0.407 e. The minimum absolute atomic E-state index is 0.0563. The summed E-state index contributed by atoms with van der Waals surface area (Å²) >= 11 is 0. The van der Waals surface area contributed by atoms with E-state index in [1.807, 2.05) is 0 Å². The molecule has 1 aliphatic rings. The molecule has 0 radical (unpaired) electrons. The Morgan fingerprint density at radius 2 is 2.14 bits per heavy atom. The number of hydrogen-bond acceptors (Lipinski definition) is 5. The van der Waals surface area contributed by atoms with Crippen molar-refractivity contribution in [1.29, 1.82) is 0 Å². The number of nitrogens with one attached hydrogen (secondary N) is 1. The molecule has 74 valence electrons. The third-order valence-corrected chi connectivity index (χ3v) is 2.48. The molecule has 1 aliphatic heterocycles. The van der Waals surface area contributed by atoms with Crippen LogP contribution in [0.15, 0.2) is 18.2 Å². The largest absolute Gasteiger partial charge is 0.407 e. The molecular formula is C6H4N2O5S. The lowest BCUT2D eigenvalue weighted by atomic mass is 10.3. The molecular weight excluding hydrogens is 212 g/mol. The van der Waals surface area contributed by atoms with E-state index in [2.05, 4.69) is 8.91 Å². The van der Waals surface area contributed by atoms with Gasteiger partial charge in [-0.15, -0.1) is 0 Å². The molecule has 0 bridgehead atoms. The number of non-ortho nitro benzene ring substituents is 1. The highest BCUT2D eigenvalue weighted by Crippen LogP contribution is 2.35. The van der Waals surface area contributed by atoms with Gasteiger partial charge in [-0.25, -0.2) is 4.72 Å². The molecule has 8 heteroatoms. The molecule has 14 heavy (non-hydrogen) atoms. The predicted molar refractivity (Wildman–Crippen MR) is 46.3 cm³/mol. The van der Waals surface area contributed by atoms with Gasteiger partial charge in [0.1, 0.15) is 0 Å². The molecule has 0 aromatic heterocycles. The first-order valence-corrected chi connectivity index (χ1v) is 4.89. The second-order valence-corrected chi connectivity index (χ2v) is 3.86. The summed E-state index contributed by atoms with van der Waals surface area (Å²) in [6.07, 6.45) is 0. The lowest BCUT2D eigenvalue weighted by Gasteiger charge is -1.93. The summed E-state index contributed by atoms with van der Waals surface area (Å²) in [5.74, 6) is -0.0563. The maximum absolute atomic E-state index is 10.9. The SMILES string of the molecule is O=[N+]([O-])c1ccc2c(c1)OS(=O)(=O)N2. The van der Waals surface area contributed by atoms with Crippen LogP contribution in [-0.2, 0) is 10.3 Å². The second-order valence-electron chi connectivity index (χ2n) is 2.58. The van der Waals surface area contributed by atoms with Crippen molar-refractivity contribution in [3.05, 3.63) is 28.3 Å². The number of anilines is 1. The lowest BCUT2D eigenvalue weighted by Crippen LogP contribution is -2.10. The van der Waals surface area contributed by atoms with Crippen LogP contribution in [0.2, 0.25) is 0 Å². The van der Waals surface area contributed by atoms with Gasteiger partial charge < -0.3 is 4.18 Å². The third kappa shape index (κ3) is 1.35.